The molecule has 1 aliphatic heterocycles. The second-order valence-corrected chi connectivity index (χ2v) is 9.31. The number of pyridine rings is 1. The van der Waals surface area contributed by atoms with Crippen LogP contribution in [0.2, 0.25) is 0 Å². The maximum absolute atomic E-state index is 12.2. The summed E-state index contributed by atoms with van der Waals surface area (Å²) in [5.74, 6) is 2.14. The number of ether oxygens (including phenoxy) is 1. The van der Waals surface area contributed by atoms with E-state index in [2.05, 4.69) is 27.4 Å². The zero-order valence-corrected chi connectivity index (χ0v) is 19.2. The summed E-state index contributed by atoms with van der Waals surface area (Å²) >= 11 is 0. The first-order chi connectivity index (χ1) is 17.1. The summed E-state index contributed by atoms with van der Waals surface area (Å²) in [4.78, 5) is 30.4. The molecule has 0 radical (unpaired) electrons. The highest BCUT2D eigenvalue weighted by Crippen LogP contribution is 2.45. The van der Waals surface area contributed by atoms with Gasteiger partial charge in [0.15, 0.2) is 5.82 Å². The van der Waals surface area contributed by atoms with E-state index in [4.69, 9.17) is 20.4 Å². The number of amides is 1. The molecule has 1 aromatic carbocycles. The van der Waals surface area contributed by atoms with Crippen molar-refractivity contribution in [2.75, 3.05) is 5.32 Å². The monoisotopic (exact) mass is 466 g/mol. The zero-order valence-electron chi connectivity index (χ0n) is 19.2. The lowest BCUT2D eigenvalue weighted by molar-refractivity contribution is -0.122. The van der Waals surface area contributed by atoms with Crippen LogP contribution in [0.1, 0.15) is 29.1 Å². The third-order valence-corrected chi connectivity index (χ3v) is 7.01. The molecule has 6 rings (SSSR count). The van der Waals surface area contributed by atoms with Crippen molar-refractivity contribution in [1.29, 1.82) is 0 Å². The summed E-state index contributed by atoms with van der Waals surface area (Å²) in [7, 11) is 0. The van der Waals surface area contributed by atoms with Gasteiger partial charge in [0.2, 0.25) is 5.91 Å². The first-order valence-corrected chi connectivity index (χ1v) is 11.9. The fourth-order valence-electron chi connectivity index (χ4n) is 5.37. The third-order valence-electron chi connectivity index (χ3n) is 7.01. The van der Waals surface area contributed by atoms with Gasteiger partial charge < -0.3 is 15.8 Å². The van der Waals surface area contributed by atoms with Crippen molar-refractivity contribution in [2.45, 2.75) is 31.9 Å². The second-order valence-electron chi connectivity index (χ2n) is 9.31. The summed E-state index contributed by atoms with van der Waals surface area (Å²) in [5.41, 5.74) is 9.54. The number of aromatic nitrogens is 3. The molecule has 3 aromatic rings. The Bertz CT molecular complexity index is 1320. The molecule has 4 unspecified atom stereocenters. The van der Waals surface area contributed by atoms with Gasteiger partial charge in [0.1, 0.15) is 23.9 Å². The predicted molar refractivity (Wildman–Crippen MR) is 133 cm³/mol. The molecule has 8 nitrogen and oxygen atoms in total. The average Bonchev–Trinajstić information content (AvgIpc) is 3.60. The van der Waals surface area contributed by atoms with Crippen LogP contribution in [0, 0.1) is 17.8 Å². The van der Waals surface area contributed by atoms with Crippen molar-refractivity contribution in [1.82, 2.24) is 15.0 Å². The fraction of sp³-hybridized carbons (Fsp3) is 0.296. The minimum atomic E-state index is -0.266. The number of nitrogens with two attached hydrogens (primary N) is 1. The summed E-state index contributed by atoms with van der Waals surface area (Å²) in [6.07, 6.45) is 11.9. The first-order valence-electron chi connectivity index (χ1n) is 11.9. The number of carbonyl (C=O) groups is 1. The average molecular weight is 467 g/mol. The summed E-state index contributed by atoms with van der Waals surface area (Å²) in [5, 5.41) is 3.53. The Kier molecular flexibility index (Phi) is 5.48. The van der Waals surface area contributed by atoms with Crippen LogP contribution in [-0.4, -0.2) is 33.1 Å². The van der Waals surface area contributed by atoms with Gasteiger partial charge in [-0.1, -0.05) is 24.3 Å². The topological polar surface area (TPSA) is 115 Å². The number of allylic oxidation sites excluding steroid dienone is 1. The van der Waals surface area contributed by atoms with E-state index in [1.165, 1.54) is 0 Å². The van der Waals surface area contributed by atoms with Crippen LogP contribution in [0.15, 0.2) is 65.9 Å². The van der Waals surface area contributed by atoms with Gasteiger partial charge in [-0.3, -0.25) is 14.8 Å². The Balaban J connectivity index is 1.22. The molecule has 3 heterocycles. The molecule has 4 atom stereocenters. The number of rotatable bonds is 8. The third kappa shape index (κ3) is 4.27. The van der Waals surface area contributed by atoms with Crippen molar-refractivity contribution < 1.29 is 9.53 Å². The van der Waals surface area contributed by atoms with Crippen molar-refractivity contribution in [3.63, 3.8) is 0 Å². The van der Waals surface area contributed by atoms with Crippen LogP contribution in [0.25, 0.3) is 0 Å². The number of hydrogen-bond acceptors (Lipinski definition) is 7. The van der Waals surface area contributed by atoms with E-state index in [0.29, 0.717) is 31.1 Å². The highest BCUT2D eigenvalue weighted by molar-refractivity contribution is 5.82. The maximum atomic E-state index is 12.2. The Morgan fingerprint density at radius 1 is 1.09 bits per heavy atom. The number of fused-ring (bicyclic) bond motifs is 3. The molecular formula is C27H26N6O2. The van der Waals surface area contributed by atoms with Crippen LogP contribution in [0.5, 0.6) is 5.75 Å². The summed E-state index contributed by atoms with van der Waals surface area (Å²) < 4.78 is 5.97. The molecule has 3 aliphatic rings. The van der Waals surface area contributed by atoms with Crippen molar-refractivity contribution in [2.24, 2.45) is 28.5 Å². The van der Waals surface area contributed by atoms with Gasteiger partial charge in [-0.05, 0) is 53.6 Å². The van der Waals surface area contributed by atoms with Crippen LogP contribution in [0.4, 0.5) is 11.5 Å². The summed E-state index contributed by atoms with van der Waals surface area (Å²) in [6.45, 7) is 0.478. The standard InChI is InChI=1S/C27H26N6O2/c28-26(34)23-18-4-5-19(14-18)24(23)33-27-25-21(8-11-30-25)31-22(32-27)13-17-2-1-3-20(12-17)35-15-16-6-9-29-10-7-16/h1-7,9-12,18-19,23-24H,8,13-15H2,(H2,28,34)(H,31,32,33). The molecule has 2 aliphatic carbocycles. The normalized spacial score (nSPS) is 23.4. The maximum Gasteiger partial charge on any atom is 0.223 e. The van der Waals surface area contributed by atoms with E-state index in [1.54, 1.807) is 12.4 Å². The minimum Gasteiger partial charge on any atom is -0.489 e. The molecule has 8 heteroatoms. The number of carbonyl (C=O) groups excluding carboxylic acids is 1. The predicted octanol–water partition coefficient (Wildman–Crippen LogP) is 3.39. The first kappa shape index (κ1) is 21.5. The van der Waals surface area contributed by atoms with Gasteiger partial charge in [-0.15, -0.1) is 0 Å². The Labute approximate surface area is 203 Å². The minimum absolute atomic E-state index is 0.0740. The van der Waals surface area contributed by atoms with Crippen molar-refractivity contribution in [3.05, 3.63) is 83.6 Å². The number of aliphatic imine (C=N–C) groups is 1. The molecule has 1 amide bonds. The molecule has 0 spiro atoms. The SMILES string of the molecule is NC(=O)C1C2C=CC(C2)C1Nc1nc(Cc2cccc(OCc3ccncc3)c2)nc2c1N=CC2. The molecule has 176 valence electrons. The number of nitrogens with zero attached hydrogens (tertiary/aromatic N) is 4. The van der Waals surface area contributed by atoms with Gasteiger partial charge in [0.05, 0.1) is 11.6 Å². The molecule has 35 heavy (non-hydrogen) atoms. The lowest BCUT2D eigenvalue weighted by Gasteiger charge is -2.27. The van der Waals surface area contributed by atoms with E-state index >= 15 is 0 Å². The lowest BCUT2D eigenvalue weighted by Crippen LogP contribution is -2.41. The van der Waals surface area contributed by atoms with Crippen LogP contribution < -0.4 is 15.8 Å². The van der Waals surface area contributed by atoms with Crippen molar-refractivity contribution in [3.8, 4) is 5.75 Å². The zero-order chi connectivity index (χ0) is 23.8. The Morgan fingerprint density at radius 2 is 1.94 bits per heavy atom. The van der Waals surface area contributed by atoms with Crippen LogP contribution >= 0.6 is 0 Å². The number of primary amides is 1. The van der Waals surface area contributed by atoms with Gasteiger partial charge in [0.25, 0.3) is 0 Å². The van der Waals surface area contributed by atoms with Crippen molar-refractivity contribution >= 4 is 23.6 Å². The second kappa shape index (κ2) is 8.94. The molecule has 2 aromatic heterocycles. The lowest BCUT2D eigenvalue weighted by atomic mass is 9.88. The number of anilines is 1. The molecule has 0 saturated heterocycles. The molecular weight excluding hydrogens is 440 g/mol. The summed E-state index contributed by atoms with van der Waals surface area (Å²) in [6, 6.07) is 11.8. The Morgan fingerprint density at radius 3 is 2.80 bits per heavy atom. The van der Waals surface area contributed by atoms with E-state index < -0.39 is 0 Å². The highest BCUT2D eigenvalue weighted by Gasteiger charge is 2.47. The van der Waals surface area contributed by atoms with Gasteiger partial charge in [0, 0.05) is 37.5 Å². The van der Waals surface area contributed by atoms with Gasteiger partial charge in [-0.2, -0.15) is 0 Å². The van der Waals surface area contributed by atoms with Gasteiger partial charge >= 0.3 is 0 Å². The van der Waals surface area contributed by atoms with E-state index in [1.807, 2.05) is 42.6 Å². The molecule has 3 N–H and O–H groups in total. The Hall–Kier alpha value is -4.07. The smallest absolute Gasteiger partial charge is 0.223 e. The molecule has 1 fully saturated rings. The molecule has 1 saturated carbocycles. The van der Waals surface area contributed by atoms with Gasteiger partial charge in [-0.25, -0.2) is 9.97 Å². The number of benzene rings is 1. The largest absolute Gasteiger partial charge is 0.489 e. The van der Waals surface area contributed by atoms with Crippen LogP contribution in [0.3, 0.4) is 0 Å². The highest BCUT2D eigenvalue weighted by atomic mass is 16.5. The quantitative estimate of drug-likeness (QED) is 0.492. The fourth-order valence-corrected chi connectivity index (χ4v) is 5.37. The van der Waals surface area contributed by atoms with E-state index in [0.717, 1.165) is 34.7 Å². The molecule has 2 bridgehead atoms. The number of nitrogens with one attached hydrogen (secondary N) is 1. The van der Waals surface area contributed by atoms with E-state index in [9.17, 15) is 4.79 Å². The van der Waals surface area contributed by atoms with E-state index in [-0.39, 0.29) is 29.7 Å². The number of hydrogen-bond donors (Lipinski definition) is 2. The van der Waals surface area contributed by atoms with Crippen LogP contribution in [-0.2, 0) is 24.2 Å².